The normalized spacial score (nSPS) is 11.4. The van der Waals surface area contributed by atoms with Crippen LogP contribution in [-0.2, 0) is 11.3 Å². The summed E-state index contributed by atoms with van der Waals surface area (Å²) in [4.78, 5) is 37.5. The molecule has 1 heterocycles. The molecule has 31 heavy (non-hydrogen) atoms. The summed E-state index contributed by atoms with van der Waals surface area (Å²) >= 11 is 0. The molecule has 0 saturated heterocycles. The maximum Gasteiger partial charge on any atom is 0.290 e. The molecule has 0 aliphatic carbocycles. The number of nitriles is 1. The molecule has 9 heteroatoms. The van der Waals surface area contributed by atoms with E-state index in [1.165, 1.54) is 11.6 Å². The number of aromatic nitrogens is 2. The summed E-state index contributed by atoms with van der Waals surface area (Å²) in [7, 11) is 0. The van der Waals surface area contributed by atoms with Gasteiger partial charge in [0.15, 0.2) is 11.8 Å². The molecule has 0 aliphatic heterocycles. The quantitative estimate of drug-likeness (QED) is 0.588. The molecule has 0 aliphatic rings. The third kappa shape index (κ3) is 4.87. The van der Waals surface area contributed by atoms with Gasteiger partial charge in [-0.2, -0.15) is 10.4 Å². The third-order valence-corrected chi connectivity index (χ3v) is 4.48. The van der Waals surface area contributed by atoms with Gasteiger partial charge in [-0.1, -0.05) is 25.1 Å². The summed E-state index contributed by atoms with van der Waals surface area (Å²) in [6, 6.07) is 15.0. The minimum absolute atomic E-state index is 0.0320. The molecule has 2 aromatic carbocycles. The van der Waals surface area contributed by atoms with E-state index in [2.05, 4.69) is 16.0 Å². The van der Waals surface area contributed by atoms with Crippen molar-refractivity contribution in [2.24, 2.45) is 0 Å². The van der Waals surface area contributed by atoms with Gasteiger partial charge in [-0.25, -0.2) is 4.68 Å². The van der Waals surface area contributed by atoms with Crippen molar-refractivity contribution in [3.05, 3.63) is 70.1 Å². The van der Waals surface area contributed by atoms with Gasteiger partial charge >= 0.3 is 0 Å². The first-order chi connectivity index (χ1) is 14.9. The predicted molar refractivity (Wildman–Crippen MR) is 113 cm³/mol. The molecule has 0 fully saturated rings. The fourth-order valence-electron chi connectivity index (χ4n) is 2.91. The van der Waals surface area contributed by atoms with Gasteiger partial charge < -0.3 is 4.74 Å². The smallest absolute Gasteiger partial charge is 0.290 e. The number of benzene rings is 2. The summed E-state index contributed by atoms with van der Waals surface area (Å²) in [6.45, 7) is 3.79. The molecule has 0 unspecified atom stereocenters. The molecule has 158 valence electrons. The lowest BCUT2D eigenvalue weighted by atomic mass is 10.1. The molecule has 1 aromatic heterocycles. The number of hydrogen-bond donors (Lipinski definition) is 2. The van der Waals surface area contributed by atoms with Crippen LogP contribution in [0.1, 0.15) is 36.3 Å². The Morgan fingerprint density at radius 3 is 2.45 bits per heavy atom. The molecular weight excluding hydrogens is 398 g/mol. The van der Waals surface area contributed by atoms with Crippen LogP contribution in [0.4, 0.5) is 0 Å². The number of hydrazine groups is 1. The van der Waals surface area contributed by atoms with E-state index in [9.17, 15) is 14.4 Å². The van der Waals surface area contributed by atoms with Crippen LogP contribution in [0.3, 0.4) is 0 Å². The number of carbonyl (C=O) groups is 2. The van der Waals surface area contributed by atoms with Crippen LogP contribution in [0.25, 0.3) is 10.8 Å². The lowest BCUT2D eigenvalue weighted by Gasteiger charge is -2.15. The van der Waals surface area contributed by atoms with Crippen molar-refractivity contribution in [3.8, 4) is 11.8 Å². The molecule has 3 aromatic rings. The molecular formula is C22H21N5O4. The highest BCUT2D eigenvalue weighted by atomic mass is 16.5. The Balaban J connectivity index is 1.72. The van der Waals surface area contributed by atoms with Gasteiger partial charge in [-0.05, 0) is 43.7 Å². The summed E-state index contributed by atoms with van der Waals surface area (Å²) in [5.74, 6) is -0.823. The third-order valence-electron chi connectivity index (χ3n) is 4.48. The fourth-order valence-corrected chi connectivity index (χ4v) is 2.91. The van der Waals surface area contributed by atoms with Crippen molar-refractivity contribution in [2.75, 3.05) is 0 Å². The first kappa shape index (κ1) is 21.5. The SMILES string of the molecule is CCCn1nc(C(=O)NNC(=O)[C@H](C)Oc2ccc(C#N)cc2)c2ccccc2c1=O. The molecule has 0 saturated carbocycles. The first-order valence-corrected chi connectivity index (χ1v) is 9.71. The highest BCUT2D eigenvalue weighted by molar-refractivity contribution is 6.05. The van der Waals surface area contributed by atoms with E-state index >= 15 is 0 Å². The van der Waals surface area contributed by atoms with Crippen LogP contribution in [0.15, 0.2) is 53.3 Å². The summed E-state index contributed by atoms with van der Waals surface area (Å²) in [5.41, 5.74) is 4.87. The van der Waals surface area contributed by atoms with Crippen LogP contribution < -0.4 is 21.1 Å². The van der Waals surface area contributed by atoms with E-state index < -0.39 is 17.9 Å². The number of carbonyl (C=O) groups excluding carboxylic acids is 2. The van der Waals surface area contributed by atoms with Gasteiger partial charge in [0.05, 0.1) is 17.0 Å². The summed E-state index contributed by atoms with van der Waals surface area (Å²) < 4.78 is 6.76. The van der Waals surface area contributed by atoms with Crippen molar-refractivity contribution in [1.82, 2.24) is 20.6 Å². The predicted octanol–water partition coefficient (Wildman–Crippen LogP) is 1.91. The van der Waals surface area contributed by atoms with Crippen LogP contribution >= 0.6 is 0 Å². The zero-order valence-electron chi connectivity index (χ0n) is 17.1. The van der Waals surface area contributed by atoms with Crippen LogP contribution in [0.2, 0.25) is 0 Å². The molecule has 3 rings (SSSR count). The van der Waals surface area contributed by atoms with Gasteiger partial charge in [0.25, 0.3) is 17.4 Å². The van der Waals surface area contributed by atoms with Gasteiger partial charge in [-0.15, -0.1) is 0 Å². The zero-order chi connectivity index (χ0) is 22.4. The molecule has 2 N–H and O–H groups in total. The molecule has 1 atom stereocenters. The highest BCUT2D eigenvalue weighted by Crippen LogP contribution is 2.14. The zero-order valence-corrected chi connectivity index (χ0v) is 17.1. The maximum absolute atomic E-state index is 12.7. The summed E-state index contributed by atoms with van der Waals surface area (Å²) in [6.07, 6.45) is -0.236. The van der Waals surface area contributed by atoms with Crippen LogP contribution in [0.5, 0.6) is 5.75 Å². The van der Waals surface area contributed by atoms with Gasteiger partial charge in [0.1, 0.15) is 5.75 Å². The second-order valence-electron chi connectivity index (χ2n) is 6.76. The van der Waals surface area contributed by atoms with E-state index in [4.69, 9.17) is 10.00 Å². The number of nitrogens with one attached hydrogen (secondary N) is 2. The number of hydrogen-bond acceptors (Lipinski definition) is 6. The number of rotatable bonds is 6. The second kappa shape index (κ2) is 9.54. The number of aryl methyl sites for hydroxylation is 1. The minimum atomic E-state index is -0.910. The van der Waals surface area contributed by atoms with E-state index in [0.29, 0.717) is 35.1 Å². The Morgan fingerprint density at radius 1 is 1.13 bits per heavy atom. The number of amides is 2. The van der Waals surface area contributed by atoms with Crippen molar-refractivity contribution in [3.63, 3.8) is 0 Å². The first-order valence-electron chi connectivity index (χ1n) is 9.71. The Labute approximate surface area is 178 Å². The topological polar surface area (TPSA) is 126 Å². The van der Waals surface area contributed by atoms with Crippen molar-refractivity contribution in [1.29, 1.82) is 5.26 Å². The minimum Gasteiger partial charge on any atom is -0.481 e. The van der Waals surface area contributed by atoms with Crippen LogP contribution in [0, 0.1) is 11.3 Å². The Hall–Kier alpha value is -4.19. The molecule has 0 radical (unpaired) electrons. The lowest BCUT2D eigenvalue weighted by Crippen LogP contribution is -2.47. The maximum atomic E-state index is 12.7. The average Bonchev–Trinajstić information content (AvgIpc) is 2.79. The van der Waals surface area contributed by atoms with Gasteiger partial charge in [0.2, 0.25) is 0 Å². The van der Waals surface area contributed by atoms with Gasteiger partial charge in [-0.3, -0.25) is 25.2 Å². The largest absolute Gasteiger partial charge is 0.481 e. The molecule has 2 amide bonds. The van der Waals surface area contributed by atoms with Crippen molar-refractivity contribution in [2.45, 2.75) is 32.9 Å². The van der Waals surface area contributed by atoms with E-state index in [-0.39, 0.29) is 11.3 Å². The number of fused-ring (bicyclic) bond motifs is 1. The van der Waals surface area contributed by atoms with Crippen LogP contribution in [-0.4, -0.2) is 27.7 Å². The van der Waals surface area contributed by atoms with Crippen molar-refractivity contribution < 1.29 is 14.3 Å². The Bertz CT molecular complexity index is 1210. The lowest BCUT2D eigenvalue weighted by molar-refractivity contribution is -0.128. The van der Waals surface area contributed by atoms with E-state index in [0.717, 1.165) is 0 Å². The summed E-state index contributed by atoms with van der Waals surface area (Å²) in [5, 5.41) is 13.8. The molecule has 9 nitrogen and oxygen atoms in total. The number of nitrogens with zero attached hydrogens (tertiary/aromatic N) is 3. The average molecular weight is 419 g/mol. The Morgan fingerprint density at radius 2 is 1.81 bits per heavy atom. The van der Waals surface area contributed by atoms with E-state index in [1.807, 2.05) is 13.0 Å². The molecule has 0 spiro atoms. The highest BCUT2D eigenvalue weighted by Gasteiger charge is 2.19. The second-order valence-corrected chi connectivity index (χ2v) is 6.76. The van der Waals surface area contributed by atoms with Gasteiger partial charge in [0, 0.05) is 11.9 Å². The van der Waals surface area contributed by atoms with E-state index in [1.54, 1.807) is 48.5 Å². The van der Waals surface area contributed by atoms with Crippen molar-refractivity contribution >= 4 is 22.6 Å². The monoisotopic (exact) mass is 419 g/mol. The fraction of sp³-hybridized carbons (Fsp3) is 0.227. The Kier molecular flexibility index (Phi) is 6.62. The number of ether oxygens (including phenoxy) is 1. The standard InChI is InChI=1S/C22H21N5O4/c1-3-12-27-22(30)18-7-5-4-6-17(18)19(26-27)21(29)25-24-20(28)14(2)31-16-10-8-15(13-23)9-11-16/h4-11,14H,3,12H2,1-2H3,(H,24,28)(H,25,29)/t14-/m0/s1. The molecule has 0 bridgehead atoms.